The van der Waals surface area contributed by atoms with Crippen LogP contribution in [0.15, 0.2) is 71.9 Å². The van der Waals surface area contributed by atoms with Gasteiger partial charge in [-0.25, -0.2) is 9.97 Å². The summed E-state index contributed by atoms with van der Waals surface area (Å²) < 4.78 is 1.45. The molecular weight excluding hydrogens is 548 g/mol. The minimum Gasteiger partial charge on any atom is -0.299 e. The molecule has 1 atom stereocenters. The van der Waals surface area contributed by atoms with Crippen molar-refractivity contribution in [2.24, 2.45) is 0 Å². The van der Waals surface area contributed by atoms with Gasteiger partial charge in [-0.2, -0.15) is 0 Å². The molecule has 7 rings (SSSR count). The van der Waals surface area contributed by atoms with Crippen molar-refractivity contribution in [3.63, 3.8) is 0 Å². The molecule has 11 nitrogen and oxygen atoms in total. The van der Waals surface area contributed by atoms with Gasteiger partial charge in [0.25, 0.3) is 17.4 Å². The van der Waals surface area contributed by atoms with Crippen molar-refractivity contribution < 1.29 is 19.2 Å². The summed E-state index contributed by atoms with van der Waals surface area (Å²) in [5.74, 6) is -1.24. The average molecular weight is 577 g/mol. The maximum absolute atomic E-state index is 13.2. The Labute approximate surface area is 246 Å². The van der Waals surface area contributed by atoms with E-state index < -0.39 is 29.7 Å². The molecule has 5 heterocycles. The Morgan fingerprint density at radius 1 is 0.837 bits per heavy atom. The number of nitrogens with zero attached hydrogens (tertiary/aromatic N) is 5. The normalized spacial score (nSPS) is 19.6. The molecule has 43 heavy (non-hydrogen) atoms. The smallest absolute Gasteiger partial charge is 0.266 e. The topological polar surface area (TPSA) is 135 Å². The number of benzene rings is 2. The Hall–Kier alpha value is -5.03. The van der Waals surface area contributed by atoms with Crippen LogP contribution in [0.5, 0.6) is 0 Å². The van der Waals surface area contributed by atoms with E-state index in [1.807, 2.05) is 30.3 Å². The van der Waals surface area contributed by atoms with Crippen LogP contribution < -0.4 is 10.9 Å². The minimum atomic E-state index is -0.972. The number of pyridine rings is 1. The number of carbonyl (C=O) groups excluding carboxylic acids is 4. The second kappa shape index (κ2) is 10.7. The van der Waals surface area contributed by atoms with Gasteiger partial charge in [0.05, 0.1) is 22.0 Å². The lowest BCUT2D eigenvalue weighted by atomic mass is 9.87. The van der Waals surface area contributed by atoms with Crippen molar-refractivity contribution in [1.29, 1.82) is 0 Å². The first-order valence-corrected chi connectivity index (χ1v) is 14.4. The molecule has 0 aliphatic carbocycles. The highest BCUT2D eigenvalue weighted by Crippen LogP contribution is 2.34. The van der Waals surface area contributed by atoms with Crippen LogP contribution >= 0.6 is 0 Å². The van der Waals surface area contributed by atoms with Crippen molar-refractivity contribution in [2.45, 2.75) is 44.2 Å². The number of hydrogen-bond acceptors (Lipinski definition) is 8. The van der Waals surface area contributed by atoms with E-state index in [-0.39, 0.29) is 24.3 Å². The lowest BCUT2D eigenvalue weighted by Gasteiger charge is -2.32. The third-order valence-electron chi connectivity index (χ3n) is 8.65. The summed E-state index contributed by atoms with van der Waals surface area (Å²) in [7, 11) is 0. The number of amides is 4. The molecule has 4 amide bonds. The highest BCUT2D eigenvalue weighted by Gasteiger charge is 2.44. The monoisotopic (exact) mass is 576 g/mol. The van der Waals surface area contributed by atoms with Crippen molar-refractivity contribution in [3.8, 4) is 5.82 Å². The molecule has 0 bridgehead atoms. The van der Waals surface area contributed by atoms with Gasteiger partial charge in [-0.05, 0) is 85.8 Å². The van der Waals surface area contributed by atoms with E-state index in [2.05, 4.69) is 20.2 Å². The third kappa shape index (κ3) is 4.81. The number of imide groups is 2. The third-order valence-corrected chi connectivity index (χ3v) is 8.65. The molecule has 2 saturated heterocycles. The van der Waals surface area contributed by atoms with Gasteiger partial charge in [0, 0.05) is 19.2 Å². The predicted octanol–water partition coefficient (Wildman–Crippen LogP) is 2.56. The van der Waals surface area contributed by atoms with Crippen LogP contribution in [0.25, 0.3) is 16.7 Å². The van der Waals surface area contributed by atoms with Gasteiger partial charge in [0.15, 0.2) is 0 Å². The van der Waals surface area contributed by atoms with Gasteiger partial charge in [0.2, 0.25) is 11.8 Å². The highest BCUT2D eigenvalue weighted by molar-refractivity contribution is 6.23. The molecule has 3 aliphatic rings. The van der Waals surface area contributed by atoms with Crippen LogP contribution in [0.4, 0.5) is 0 Å². The number of fused-ring (bicyclic) bond motifs is 2. The van der Waals surface area contributed by atoms with Crippen LogP contribution in [0, 0.1) is 0 Å². The van der Waals surface area contributed by atoms with Crippen LogP contribution in [-0.4, -0.2) is 67.1 Å². The molecule has 216 valence electrons. The summed E-state index contributed by atoms with van der Waals surface area (Å²) in [5.41, 5.74) is 3.11. The zero-order valence-electron chi connectivity index (χ0n) is 23.2. The SMILES string of the molecule is O=C1CCC(N2C(=O)c3ccc(C4CCN(Cc5ccc6ncn(-c7ccccn7)c(=O)c6c5)CC4)cc3C2=O)C(=O)N1. The van der Waals surface area contributed by atoms with E-state index in [0.717, 1.165) is 42.0 Å². The van der Waals surface area contributed by atoms with E-state index >= 15 is 0 Å². The van der Waals surface area contributed by atoms with Crippen LogP contribution in [-0.2, 0) is 16.1 Å². The number of rotatable bonds is 5. The molecule has 4 aromatic rings. The van der Waals surface area contributed by atoms with E-state index in [4.69, 9.17) is 0 Å². The predicted molar refractivity (Wildman–Crippen MR) is 156 cm³/mol. The summed E-state index contributed by atoms with van der Waals surface area (Å²) in [6.45, 7) is 2.36. The maximum Gasteiger partial charge on any atom is 0.266 e. The van der Waals surface area contributed by atoms with Crippen LogP contribution in [0.3, 0.4) is 0 Å². The van der Waals surface area contributed by atoms with Crippen molar-refractivity contribution in [3.05, 3.63) is 99.7 Å². The Bertz CT molecular complexity index is 1860. The molecule has 1 N–H and O–H groups in total. The molecule has 2 fully saturated rings. The molecule has 3 aliphatic heterocycles. The molecule has 11 heteroatoms. The van der Waals surface area contributed by atoms with Crippen LogP contribution in [0.2, 0.25) is 0 Å². The first-order chi connectivity index (χ1) is 20.9. The zero-order valence-corrected chi connectivity index (χ0v) is 23.2. The summed E-state index contributed by atoms with van der Waals surface area (Å²) >= 11 is 0. The van der Waals surface area contributed by atoms with Gasteiger partial charge in [-0.1, -0.05) is 18.2 Å². The largest absolute Gasteiger partial charge is 0.299 e. The van der Waals surface area contributed by atoms with Crippen molar-refractivity contribution in [2.75, 3.05) is 13.1 Å². The van der Waals surface area contributed by atoms with E-state index in [1.54, 1.807) is 30.5 Å². The van der Waals surface area contributed by atoms with Gasteiger partial charge >= 0.3 is 0 Å². The fourth-order valence-electron chi connectivity index (χ4n) is 6.35. The van der Waals surface area contributed by atoms with Crippen molar-refractivity contribution >= 4 is 34.5 Å². The number of hydrogen-bond donors (Lipinski definition) is 1. The van der Waals surface area contributed by atoms with E-state index in [0.29, 0.717) is 34.4 Å². The van der Waals surface area contributed by atoms with Crippen molar-refractivity contribution in [1.82, 2.24) is 29.7 Å². The molecule has 0 radical (unpaired) electrons. The fraction of sp³-hybridized carbons (Fsp3) is 0.281. The molecule has 2 aromatic carbocycles. The molecule has 1 unspecified atom stereocenters. The second-order valence-corrected chi connectivity index (χ2v) is 11.3. The Morgan fingerprint density at radius 2 is 1.65 bits per heavy atom. The first kappa shape index (κ1) is 26.8. The standard InChI is InChI=1S/C32H28N6O5/c39-28-9-8-26(29(40)35-28)38-31(42)22-6-5-21(16-23(22)32(38)43)20-10-13-36(14-11-20)17-19-4-7-25-24(15-19)30(41)37(18-34-25)27-3-1-2-12-33-27/h1-7,12,15-16,18,20,26H,8-11,13-14,17H2,(H,35,39,40). The van der Waals surface area contributed by atoms with Gasteiger partial charge in [0.1, 0.15) is 18.2 Å². The summed E-state index contributed by atoms with van der Waals surface area (Å²) in [6, 6.07) is 15.6. The molecule has 0 spiro atoms. The Balaban J connectivity index is 1.03. The quantitative estimate of drug-likeness (QED) is 0.358. The molecule has 2 aromatic heterocycles. The number of carbonyl (C=O) groups is 4. The number of piperidine rings is 2. The minimum absolute atomic E-state index is 0.0902. The average Bonchev–Trinajstić information content (AvgIpc) is 3.27. The Kier molecular flexibility index (Phi) is 6.66. The zero-order chi connectivity index (χ0) is 29.7. The second-order valence-electron chi connectivity index (χ2n) is 11.3. The lowest BCUT2D eigenvalue weighted by Crippen LogP contribution is -2.54. The van der Waals surface area contributed by atoms with Gasteiger partial charge < -0.3 is 0 Å². The number of nitrogens with one attached hydrogen (secondary N) is 1. The number of aromatic nitrogens is 3. The van der Waals surface area contributed by atoms with E-state index in [1.165, 1.54) is 10.9 Å². The Morgan fingerprint density at radius 3 is 2.42 bits per heavy atom. The summed E-state index contributed by atoms with van der Waals surface area (Å²) in [5, 5.41) is 2.77. The summed E-state index contributed by atoms with van der Waals surface area (Å²) in [4.78, 5) is 75.5. The van der Waals surface area contributed by atoms with E-state index in [9.17, 15) is 24.0 Å². The first-order valence-electron chi connectivity index (χ1n) is 14.4. The maximum atomic E-state index is 13.2. The fourth-order valence-corrected chi connectivity index (χ4v) is 6.35. The molecular formula is C32H28N6O5. The number of likely N-dealkylation sites (tertiary alicyclic amines) is 1. The van der Waals surface area contributed by atoms with Gasteiger partial charge in [-0.3, -0.25) is 43.7 Å². The lowest BCUT2D eigenvalue weighted by molar-refractivity contribution is -0.136. The molecule has 0 saturated carbocycles. The highest BCUT2D eigenvalue weighted by atomic mass is 16.2. The summed E-state index contributed by atoms with van der Waals surface area (Å²) in [6.07, 6.45) is 5.12. The van der Waals surface area contributed by atoms with Crippen LogP contribution in [0.1, 0.15) is 63.4 Å². The van der Waals surface area contributed by atoms with Gasteiger partial charge in [-0.15, -0.1) is 0 Å².